The molecule has 2 atom stereocenters. The third-order valence-corrected chi connectivity index (χ3v) is 4.38. The minimum Gasteiger partial charge on any atom is -0.379 e. The topological polar surface area (TPSA) is 67.6 Å². The molecule has 110 valence electrons. The van der Waals surface area contributed by atoms with Crippen LogP contribution in [0.25, 0.3) is 0 Å². The fourth-order valence-electron chi connectivity index (χ4n) is 3.13. The molecule has 2 rings (SSSR count). The van der Waals surface area contributed by atoms with E-state index >= 15 is 0 Å². The van der Waals surface area contributed by atoms with Gasteiger partial charge in [-0.3, -0.25) is 9.69 Å². The second kappa shape index (κ2) is 7.82. The predicted molar refractivity (Wildman–Crippen MR) is 74.8 cm³/mol. The summed E-state index contributed by atoms with van der Waals surface area (Å²) in [7, 11) is 0. The fourth-order valence-corrected chi connectivity index (χ4v) is 3.13. The number of nitrogens with zero attached hydrogens (tertiary/aromatic N) is 1. The lowest BCUT2D eigenvalue weighted by atomic mass is 9.79. The molecular weight excluding hydrogens is 242 g/mol. The van der Waals surface area contributed by atoms with Crippen LogP contribution in [-0.2, 0) is 9.53 Å². The van der Waals surface area contributed by atoms with Gasteiger partial charge in [-0.15, -0.1) is 0 Å². The fraction of sp³-hybridized carbons (Fsp3) is 0.929. The highest BCUT2D eigenvalue weighted by atomic mass is 16.5. The summed E-state index contributed by atoms with van der Waals surface area (Å²) in [5, 5.41) is 3.09. The zero-order valence-electron chi connectivity index (χ0n) is 11.8. The second-order valence-electron chi connectivity index (χ2n) is 5.63. The minimum absolute atomic E-state index is 0.142. The average molecular weight is 269 g/mol. The Kier molecular flexibility index (Phi) is 6.07. The van der Waals surface area contributed by atoms with E-state index in [0.717, 1.165) is 58.7 Å². The summed E-state index contributed by atoms with van der Waals surface area (Å²) in [5.41, 5.74) is 5.77. The van der Waals surface area contributed by atoms with Gasteiger partial charge in [0.1, 0.15) is 0 Å². The van der Waals surface area contributed by atoms with Crippen LogP contribution in [-0.4, -0.2) is 56.7 Å². The Balaban J connectivity index is 1.67. The number of hydrogen-bond acceptors (Lipinski definition) is 4. The van der Waals surface area contributed by atoms with Crippen LogP contribution in [0.1, 0.15) is 25.7 Å². The molecule has 0 aromatic heterocycles. The smallest absolute Gasteiger partial charge is 0.223 e. The van der Waals surface area contributed by atoms with Crippen molar-refractivity contribution in [2.45, 2.75) is 25.7 Å². The van der Waals surface area contributed by atoms with E-state index < -0.39 is 0 Å². The standard InChI is InChI=1S/C14H27N3O2/c15-11-12-3-1-2-4-13(12)14(18)16-5-6-17-7-9-19-10-8-17/h12-13H,1-11,15H2,(H,16,18). The first-order valence-corrected chi connectivity index (χ1v) is 7.59. The Morgan fingerprint density at radius 1 is 1.26 bits per heavy atom. The number of ether oxygens (including phenoxy) is 1. The van der Waals surface area contributed by atoms with Crippen LogP contribution in [0.2, 0.25) is 0 Å². The minimum atomic E-state index is 0.142. The summed E-state index contributed by atoms with van der Waals surface area (Å²) < 4.78 is 5.31. The monoisotopic (exact) mass is 269 g/mol. The van der Waals surface area contributed by atoms with E-state index in [2.05, 4.69) is 10.2 Å². The number of rotatable bonds is 5. The van der Waals surface area contributed by atoms with Crippen molar-refractivity contribution in [2.24, 2.45) is 17.6 Å². The third-order valence-electron chi connectivity index (χ3n) is 4.38. The van der Waals surface area contributed by atoms with Crippen molar-refractivity contribution in [1.29, 1.82) is 0 Å². The van der Waals surface area contributed by atoms with E-state index in [1.165, 1.54) is 6.42 Å². The summed E-state index contributed by atoms with van der Waals surface area (Å²) in [6.45, 7) is 5.89. The van der Waals surface area contributed by atoms with E-state index in [9.17, 15) is 4.79 Å². The van der Waals surface area contributed by atoms with E-state index in [4.69, 9.17) is 10.5 Å². The van der Waals surface area contributed by atoms with Crippen molar-refractivity contribution in [3.8, 4) is 0 Å². The molecule has 1 saturated heterocycles. The van der Waals surface area contributed by atoms with Crippen LogP contribution >= 0.6 is 0 Å². The Morgan fingerprint density at radius 3 is 2.74 bits per heavy atom. The zero-order chi connectivity index (χ0) is 13.5. The summed E-state index contributed by atoms with van der Waals surface area (Å²) in [4.78, 5) is 14.5. The first-order valence-electron chi connectivity index (χ1n) is 7.59. The summed E-state index contributed by atoms with van der Waals surface area (Å²) in [6, 6.07) is 0. The van der Waals surface area contributed by atoms with Crippen LogP contribution in [0.4, 0.5) is 0 Å². The molecule has 5 nitrogen and oxygen atoms in total. The summed E-state index contributed by atoms with van der Waals surface area (Å²) >= 11 is 0. The van der Waals surface area contributed by atoms with Crippen molar-refractivity contribution in [3.05, 3.63) is 0 Å². The number of hydrogen-bond donors (Lipinski definition) is 2. The van der Waals surface area contributed by atoms with Crippen molar-refractivity contribution >= 4 is 5.91 Å². The largest absolute Gasteiger partial charge is 0.379 e. The highest BCUT2D eigenvalue weighted by molar-refractivity contribution is 5.79. The molecule has 1 aliphatic heterocycles. The number of nitrogens with one attached hydrogen (secondary N) is 1. The normalized spacial score (nSPS) is 29.1. The van der Waals surface area contributed by atoms with Crippen molar-refractivity contribution < 1.29 is 9.53 Å². The van der Waals surface area contributed by atoms with Crippen molar-refractivity contribution in [2.75, 3.05) is 45.9 Å². The van der Waals surface area contributed by atoms with Crippen molar-refractivity contribution in [1.82, 2.24) is 10.2 Å². The molecule has 2 fully saturated rings. The van der Waals surface area contributed by atoms with Gasteiger partial charge >= 0.3 is 0 Å². The van der Waals surface area contributed by atoms with E-state index in [1.807, 2.05) is 0 Å². The van der Waals surface area contributed by atoms with Crippen LogP contribution in [0, 0.1) is 11.8 Å². The van der Waals surface area contributed by atoms with E-state index in [-0.39, 0.29) is 11.8 Å². The second-order valence-corrected chi connectivity index (χ2v) is 5.63. The molecular formula is C14H27N3O2. The predicted octanol–water partition coefficient (Wildman–Crippen LogP) is 0.200. The van der Waals surface area contributed by atoms with Crippen LogP contribution in [0.5, 0.6) is 0 Å². The molecule has 2 aliphatic rings. The highest BCUT2D eigenvalue weighted by Gasteiger charge is 2.29. The first-order chi connectivity index (χ1) is 9.31. The van der Waals surface area contributed by atoms with Gasteiger partial charge in [-0.05, 0) is 25.3 Å². The first kappa shape index (κ1) is 14.8. The van der Waals surface area contributed by atoms with Gasteiger partial charge in [0.05, 0.1) is 13.2 Å². The molecule has 1 amide bonds. The number of carbonyl (C=O) groups is 1. The Labute approximate surface area is 115 Å². The third kappa shape index (κ3) is 4.44. The molecule has 0 radical (unpaired) electrons. The number of amides is 1. The lowest BCUT2D eigenvalue weighted by Gasteiger charge is -2.30. The lowest BCUT2D eigenvalue weighted by Crippen LogP contribution is -2.44. The molecule has 0 aromatic carbocycles. The molecule has 3 N–H and O–H groups in total. The maximum atomic E-state index is 12.2. The van der Waals surface area contributed by atoms with Crippen LogP contribution in [0.3, 0.4) is 0 Å². The van der Waals surface area contributed by atoms with Gasteiger partial charge < -0.3 is 15.8 Å². The lowest BCUT2D eigenvalue weighted by molar-refractivity contribution is -0.127. The van der Waals surface area contributed by atoms with Crippen molar-refractivity contribution in [3.63, 3.8) is 0 Å². The molecule has 1 aliphatic carbocycles. The molecule has 1 heterocycles. The van der Waals surface area contributed by atoms with Crippen LogP contribution in [0.15, 0.2) is 0 Å². The van der Waals surface area contributed by atoms with E-state index in [1.54, 1.807) is 0 Å². The number of morpholine rings is 1. The average Bonchev–Trinajstić information content (AvgIpc) is 2.48. The highest BCUT2D eigenvalue weighted by Crippen LogP contribution is 2.29. The molecule has 5 heteroatoms. The van der Waals surface area contributed by atoms with Gasteiger partial charge in [-0.1, -0.05) is 12.8 Å². The van der Waals surface area contributed by atoms with Crippen LogP contribution < -0.4 is 11.1 Å². The maximum Gasteiger partial charge on any atom is 0.223 e. The van der Waals surface area contributed by atoms with E-state index in [0.29, 0.717) is 12.5 Å². The molecule has 1 saturated carbocycles. The number of carbonyl (C=O) groups excluding carboxylic acids is 1. The van der Waals surface area contributed by atoms with Gasteiger partial charge in [0, 0.05) is 32.1 Å². The molecule has 0 bridgehead atoms. The van der Waals surface area contributed by atoms with Gasteiger partial charge in [0.15, 0.2) is 0 Å². The summed E-state index contributed by atoms with van der Waals surface area (Å²) in [6.07, 6.45) is 4.50. The Bertz CT molecular complexity index is 280. The maximum absolute atomic E-state index is 12.2. The molecule has 19 heavy (non-hydrogen) atoms. The molecule has 0 spiro atoms. The molecule has 2 unspecified atom stereocenters. The zero-order valence-corrected chi connectivity index (χ0v) is 11.8. The van der Waals surface area contributed by atoms with Gasteiger partial charge in [-0.2, -0.15) is 0 Å². The van der Waals surface area contributed by atoms with Gasteiger partial charge in [-0.25, -0.2) is 0 Å². The van der Waals surface area contributed by atoms with Gasteiger partial charge in [0.2, 0.25) is 5.91 Å². The number of nitrogens with two attached hydrogens (primary N) is 1. The molecule has 0 aromatic rings. The summed E-state index contributed by atoms with van der Waals surface area (Å²) in [5.74, 6) is 0.740. The Morgan fingerprint density at radius 2 is 2.00 bits per heavy atom. The quantitative estimate of drug-likeness (QED) is 0.748. The Hall–Kier alpha value is -0.650. The SMILES string of the molecule is NCC1CCCCC1C(=O)NCCN1CCOCC1. The van der Waals surface area contributed by atoms with Gasteiger partial charge in [0.25, 0.3) is 0 Å².